The van der Waals surface area contributed by atoms with Crippen LogP contribution in [0.1, 0.15) is 67.8 Å². The zero-order valence-electron chi connectivity index (χ0n) is 23.2. The number of nitrogens with one attached hydrogen (secondary N) is 1. The molecule has 8 rings (SSSR count). The number of halogens is 3. The van der Waals surface area contributed by atoms with Crippen LogP contribution in [-0.2, 0) is 13.0 Å². The number of alkyl halides is 1. The molecule has 0 amide bonds. The molecule has 4 saturated heterocycles. The van der Waals surface area contributed by atoms with E-state index in [-0.39, 0.29) is 5.54 Å². The fraction of sp³-hybridized carbons (Fsp3) is 0.562. The van der Waals surface area contributed by atoms with Gasteiger partial charge < -0.3 is 15.0 Å². The molecule has 1 N–H and O–H groups in total. The highest BCUT2D eigenvalue weighted by atomic mass is 19.2. The highest BCUT2D eigenvalue weighted by Crippen LogP contribution is 2.43. The van der Waals surface area contributed by atoms with Gasteiger partial charge in [0.05, 0.1) is 23.5 Å². The summed E-state index contributed by atoms with van der Waals surface area (Å²) in [6.07, 6.45) is 6.92. The van der Waals surface area contributed by atoms with E-state index >= 15 is 4.39 Å². The van der Waals surface area contributed by atoms with E-state index in [4.69, 9.17) is 14.7 Å². The van der Waals surface area contributed by atoms with E-state index < -0.39 is 17.8 Å². The molecule has 1 aromatic heterocycles. The molecule has 2 bridgehead atoms. The van der Waals surface area contributed by atoms with Crippen molar-refractivity contribution in [3.8, 4) is 6.01 Å². The number of rotatable bonds is 5. The smallest absolute Gasteiger partial charge is 0.316 e. The van der Waals surface area contributed by atoms with E-state index in [1.807, 2.05) is 18.2 Å². The van der Waals surface area contributed by atoms with Crippen LogP contribution in [-0.4, -0.2) is 64.9 Å². The van der Waals surface area contributed by atoms with Crippen molar-refractivity contribution in [3.05, 3.63) is 58.9 Å². The minimum absolute atomic E-state index is 0.275. The van der Waals surface area contributed by atoms with Crippen LogP contribution in [0.4, 0.5) is 18.9 Å². The van der Waals surface area contributed by atoms with Crippen LogP contribution in [0.25, 0.3) is 10.8 Å². The van der Waals surface area contributed by atoms with E-state index in [0.717, 1.165) is 50.0 Å². The van der Waals surface area contributed by atoms with Crippen molar-refractivity contribution in [1.29, 1.82) is 0 Å². The summed E-state index contributed by atoms with van der Waals surface area (Å²) in [5, 5.41) is 4.72. The summed E-state index contributed by atoms with van der Waals surface area (Å²) in [6.45, 7) is 2.93. The second kappa shape index (κ2) is 9.83. The fourth-order valence-electron chi connectivity index (χ4n) is 8.53. The standard InChI is InChI=1S/C32H36F3N5O/c33-21-15-32(10-2-11-40(32)16-21)18-41-31-37-26-17-39(27-4-1-3-19-5-8-25(34)29(35)28(19)27)12-9-24(26)30(38-31)20-13-22-6-7-23(14-20)36-22/h1,3-5,8,20-23,36H,2,6-7,9-18H2/t20-,21-,22-,23+,32+/m1/s1. The molecule has 216 valence electrons. The van der Waals surface area contributed by atoms with Gasteiger partial charge in [-0.15, -0.1) is 0 Å². The van der Waals surface area contributed by atoms with Crippen molar-refractivity contribution in [2.24, 2.45) is 0 Å². The number of hydrogen-bond acceptors (Lipinski definition) is 6. The topological polar surface area (TPSA) is 53.5 Å². The number of fused-ring (bicyclic) bond motifs is 5. The molecule has 0 unspecified atom stereocenters. The summed E-state index contributed by atoms with van der Waals surface area (Å²) in [5.74, 6) is -1.32. The number of aromatic nitrogens is 2. The maximum atomic E-state index is 15.1. The second-order valence-electron chi connectivity index (χ2n) is 12.9. The molecule has 6 heterocycles. The molecule has 6 nitrogen and oxygen atoms in total. The Morgan fingerprint density at radius 3 is 2.76 bits per heavy atom. The number of anilines is 1. The average Bonchev–Trinajstić information content (AvgIpc) is 3.63. The lowest BCUT2D eigenvalue weighted by molar-refractivity contribution is 0.106. The van der Waals surface area contributed by atoms with Gasteiger partial charge in [-0.2, -0.15) is 9.97 Å². The van der Waals surface area contributed by atoms with Gasteiger partial charge in [-0.3, -0.25) is 4.90 Å². The van der Waals surface area contributed by atoms with Gasteiger partial charge in [0.25, 0.3) is 0 Å². The Morgan fingerprint density at radius 2 is 1.90 bits per heavy atom. The predicted octanol–water partition coefficient (Wildman–Crippen LogP) is 5.42. The van der Waals surface area contributed by atoms with Crippen LogP contribution < -0.4 is 15.0 Å². The molecule has 0 spiro atoms. The first-order valence-corrected chi connectivity index (χ1v) is 15.3. The van der Waals surface area contributed by atoms with E-state index in [2.05, 4.69) is 15.1 Å². The molecule has 0 saturated carbocycles. The van der Waals surface area contributed by atoms with Gasteiger partial charge in [0.1, 0.15) is 12.8 Å². The molecule has 5 aliphatic rings. The largest absolute Gasteiger partial charge is 0.461 e. The number of benzene rings is 2. The van der Waals surface area contributed by atoms with Gasteiger partial charge in [0.15, 0.2) is 11.6 Å². The average molecular weight is 564 g/mol. The van der Waals surface area contributed by atoms with Crippen molar-refractivity contribution >= 4 is 16.5 Å². The Balaban J connectivity index is 1.15. The summed E-state index contributed by atoms with van der Waals surface area (Å²) in [5.41, 5.74) is 3.56. The lowest BCUT2D eigenvalue weighted by atomic mass is 9.85. The van der Waals surface area contributed by atoms with Crippen LogP contribution in [0, 0.1) is 11.6 Å². The third-order valence-electron chi connectivity index (χ3n) is 10.4. The van der Waals surface area contributed by atoms with Crippen LogP contribution in [0.2, 0.25) is 0 Å². The second-order valence-corrected chi connectivity index (χ2v) is 12.9. The zero-order valence-corrected chi connectivity index (χ0v) is 23.2. The quantitative estimate of drug-likeness (QED) is 0.447. The molecular formula is C32H36F3N5O. The Labute approximate surface area is 238 Å². The molecule has 5 atom stereocenters. The van der Waals surface area contributed by atoms with Crippen molar-refractivity contribution in [2.45, 2.75) is 87.6 Å². The van der Waals surface area contributed by atoms with Gasteiger partial charge in [-0.25, -0.2) is 13.2 Å². The normalized spacial score (nSPS) is 31.0. The van der Waals surface area contributed by atoms with Gasteiger partial charge >= 0.3 is 6.01 Å². The lowest BCUT2D eigenvalue weighted by Crippen LogP contribution is -2.43. The van der Waals surface area contributed by atoms with Crippen LogP contribution >= 0.6 is 0 Å². The third kappa shape index (κ3) is 4.38. The Hall–Kier alpha value is -2.91. The van der Waals surface area contributed by atoms with Crippen LogP contribution in [0.5, 0.6) is 6.01 Å². The van der Waals surface area contributed by atoms with Crippen LogP contribution in [0.3, 0.4) is 0 Å². The summed E-state index contributed by atoms with van der Waals surface area (Å²) in [4.78, 5) is 14.4. The minimum atomic E-state index is -0.842. The first-order valence-electron chi connectivity index (χ1n) is 15.3. The van der Waals surface area contributed by atoms with Gasteiger partial charge in [0, 0.05) is 48.6 Å². The van der Waals surface area contributed by atoms with Crippen molar-refractivity contribution in [2.75, 3.05) is 31.1 Å². The van der Waals surface area contributed by atoms with Crippen LogP contribution in [0.15, 0.2) is 30.3 Å². The summed E-state index contributed by atoms with van der Waals surface area (Å²) in [6, 6.07) is 9.79. The molecule has 41 heavy (non-hydrogen) atoms. The highest BCUT2D eigenvalue weighted by molar-refractivity contribution is 5.95. The number of nitrogens with zero attached hydrogens (tertiary/aromatic N) is 4. The monoisotopic (exact) mass is 563 g/mol. The Kier molecular flexibility index (Phi) is 6.18. The van der Waals surface area contributed by atoms with Gasteiger partial charge in [-0.05, 0) is 74.6 Å². The fourth-order valence-corrected chi connectivity index (χ4v) is 8.53. The molecule has 0 radical (unpaired) electrons. The maximum absolute atomic E-state index is 15.1. The number of piperidine rings is 1. The third-order valence-corrected chi connectivity index (χ3v) is 10.4. The summed E-state index contributed by atoms with van der Waals surface area (Å²) in [7, 11) is 0. The number of hydrogen-bond donors (Lipinski definition) is 1. The molecule has 9 heteroatoms. The van der Waals surface area contributed by atoms with E-state index in [0.29, 0.717) is 73.1 Å². The minimum Gasteiger partial charge on any atom is -0.461 e. The predicted molar refractivity (Wildman–Crippen MR) is 151 cm³/mol. The molecular weight excluding hydrogens is 527 g/mol. The van der Waals surface area contributed by atoms with E-state index in [1.165, 1.54) is 24.5 Å². The Bertz CT molecular complexity index is 1490. The first kappa shape index (κ1) is 25.8. The maximum Gasteiger partial charge on any atom is 0.316 e. The molecule has 0 aliphatic carbocycles. The lowest BCUT2D eigenvalue weighted by Gasteiger charge is -2.35. The molecule has 3 aromatic rings. The molecule has 5 aliphatic heterocycles. The molecule has 4 fully saturated rings. The SMILES string of the molecule is Fc1ccc2cccc(N3CCc4c(nc(OC[C@@]56CCCN5C[C@H](F)C6)nc4[C@@H]4C[C@H]5CC[C@@H](C4)N5)C3)c2c1F. The zero-order chi connectivity index (χ0) is 27.7. The summed E-state index contributed by atoms with van der Waals surface area (Å²) < 4.78 is 50.1. The van der Waals surface area contributed by atoms with Crippen molar-refractivity contribution in [3.63, 3.8) is 0 Å². The van der Waals surface area contributed by atoms with Crippen molar-refractivity contribution < 1.29 is 17.9 Å². The van der Waals surface area contributed by atoms with Gasteiger partial charge in [-0.1, -0.05) is 18.2 Å². The van der Waals surface area contributed by atoms with Gasteiger partial charge in [0.2, 0.25) is 0 Å². The van der Waals surface area contributed by atoms with E-state index in [9.17, 15) is 8.78 Å². The molecule has 2 aromatic carbocycles. The first-order chi connectivity index (χ1) is 20.0. The highest BCUT2D eigenvalue weighted by Gasteiger charge is 2.49. The Morgan fingerprint density at radius 1 is 1.05 bits per heavy atom. The summed E-state index contributed by atoms with van der Waals surface area (Å²) >= 11 is 0. The number of ether oxygens (including phenoxy) is 1. The van der Waals surface area contributed by atoms with Crippen molar-refractivity contribution in [1.82, 2.24) is 20.2 Å². The van der Waals surface area contributed by atoms with E-state index in [1.54, 1.807) is 6.07 Å².